The second-order valence-corrected chi connectivity index (χ2v) is 4.87. The Hall–Kier alpha value is -1.75. The van der Waals surface area contributed by atoms with Crippen LogP contribution < -0.4 is 10.5 Å². The minimum atomic E-state index is 0.197. The van der Waals surface area contributed by atoms with Gasteiger partial charge in [0.2, 0.25) is 5.91 Å². The van der Waals surface area contributed by atoms with Crippen LogP contribution in [0.1, 0.15) is 6.42 Å². The van der Waals surface area contributed by atoms with E-state index in [2.05, 4.69) is 4.90 Å². The Balaban J connectivity index is 1.66. The number of hydrogen-bond donors (Lipinski definition) is 1. The van der Waals surface area contributed by atoms with Crippen molar-refractivity contribution in [3.8, 4) is 5.75 Å². The Kier molecular flexibility index (Phi) is 4.63. The maximum Gasteiger partial charge on any atom is 0.236 e. The van der Waals surface area contributed by atoms with E-state index in [-0.39, 0.29) is 5.91 Å². The maximum atomic E-state index is 11.5. The molecule has 1 heterocycles. The number of rotatable bonds is 5. The first kappa shape index (κ1) is 13.7. The Bertz CT molecular complexity index is 436. The summed E-state index contributed by atoms with van der Waals surface area (Å²) >= 11 is 0. The van der Waals surface area contributed by atoms with E-state index in [1.54, 1.807) is 4.90 Å². The van der Waals surface area contributed by atoms with Crippen LogP contribution in [0.15, 0.2) is 24.3 Å². The predicted octanol–water partition coefficient (Wildman–Crippen LogP) is 0.812. The first-order valence-electron chi connectivity index (χ1n) is 6.60. The number of piperazine rings is 1. The summed E-state index contributed by atoms with van der Waals surface area (Å²) in [6.45, 7) is 3.82. The average Bonchev–Trinajstić information content (AvgIpc) is 2.39. The van der Waals surface area contributed by atoms with Gasteiger partial charge < -0.3 is 15.4 Å². The summed E-state index contributed by atoms with van der Waals surface area (Å²) in [7, 11) is 1.85. The van der Waals surface area contributed by atoms with Gasteiger partial charge in [0.1, 0.15) is 5.75 Å². The third kappa shape index (κ3) is 4.13. The van der Waals surface area contributed by atoms with Crippen molar-refractivity contribution >= 4 is 11.6 Å². The van der Waals surface area contributed by atoms with E-state index in [4.69, 9.17) is 10.5 Å². The maximum absolute atomic E-state index is 11.5. The van der Waals surface area contributed by atoms with Gasteiger partial charge in [-0.2, -0.15) is 0 Å². The topological polar surface area (TPSA) is 58.8 Å². The highest BCUT2D eigenvalue weighted by Gasteiger charge is 2.19. The summed E-state index contributed by atoms with van der Waals surface area (Å²) in [6.07, 6.45) is 0.909. The summed E-state index contributed by atoms with van der Waals surface area (Å²) < 4.78 is 5.62. The van der Waals surface area contributed by atoms with Crippen LogP contribution in [0, 0.1) is 0 Å². The van der Waals surface area contributed by atoms with Crippen molar-refractivity contribution in [2.75, 3.05) is 45.6 Å². The van der Waals surface area contributed by atoms with Gasteiger partial charge in [0.25, 0.3) is 0 Å². The van der Waals surface area contributed by atoms with Crippen LogP contribution in [0.4, 0.5) is 5.69 Å². The van der Waals surface area contributed by atoms with Crippen molar-refractivity contribution < 1.29 is 9.53 Å². The number of benzene rings is 1. The van der Waals surface area contributed by atoms with E-state index < -0.39 is 0 Å². The highest BCUT2D eigenvalue weighted by atomic mass is 16.5. The standard InChI is InChI=1S/C14H21N3O2/c1-16-7-8-17(11-14(16)18)6-3-9-19-13-5-2-4-12(15)10-13/h2,4-5,10H,3,6-9,11,15H2,1H3. The minimum Gasteiger partial charge on any atom is -0.493 e. The first-order valence-corrected chi connectivity index (χ1v) is 6.60. The molecule has 19 heavy (non-hydrogen) atoms. The van der Waals surface area contributed by atoms with Gasteiger partial charge in [-0.1, -0.05) is 6.07 Å². The average molecular weight is 263 g/mol. The molecule has 0 bridgehead atoms. The number of carbonyl (C=O) groups excluding carboxylic acids is 1. The Morgan fingerprint density at radius 3 is 2.95 bits per heavy atom. The minimum absolute atomic E-state index is 0.197. The number of anilines is 1. The SMILES string of the molecule is CN1CCN(CCCOc2cccc(N)c2)CC1=O. The van der Waals surface area contributed by atoms with Gasteiger partial charge in [0.15, 0.2) is 0 Å². The molecule has 1 aliphatic heterocycles. The fourth-order valence-corrected chi connectivity index (χ4v) is 2.08. The molecule has 5 nitrogen and oxygen atoms in total. The molecule has 0 spiro atoms. The van der Waals surface area contributed by atoms with Crippen molar-refractivity contribution in [2.45, 2.75) is 6.42 Å². The molecule has 0 aromatic heterocycles. The fourth-order valence-electron chi connectivity index (χ4n) is 2.08. The van der Waals surface area contributed by atoms with Gasteiger partial charge in [0.05, 0.1) is 13.2 Å². The summed E-state index contributed by atoms with van der Waals surface area (Å²) in [6, 6.07) is 7.43. The van der Waals surface area contributed by atoms with E-state index in [1.807, 2.05) is 31.3 Å². The number of ether oxygens (including phenoxy) is 1. The molecule has 0 radical (unpaired) electrons. The van der Waals surface area contributed by atoms with E-state index >= 15 is 0 Å². The third-order valence-corrected chi connectivity index (χ3v) is 3.28. The number of amides is 1. The molecule has 1 aromatic carbocycles. The number of hydrogen-bond acceptors (Lipinski definition) is 4. The molecule has 2 N–H and O–H groups in total. The summed E-state index contributed by atoms with van der Waals surface area (Å²) in [5.74, 6) is 0.998. The van der Waals surface area contributed by atoms with Gasteiger partial charge in [-0.25, -0.2) is 0 Å². The molecule has 1 saturated heterocycles. The fraction of sp³-hybridized carbons (Fsp3) is 0.500. The highest BCUT2D eigenvalue weighted by Crippen LogP contribution is 2.14. The van der Waals surface area contributed by atoms with Gasteiger partial charge in [-0.15, -0.1) is 0 Å². The zero-order valence-electron chi connectivity index (χ0n) is 11.3. The smallest absolute Gasteiger partial charge is 0.236 e. The third-order valence-electron chi connectivity index (χ3n) is 3.28. The van der Waals surface area contributed by atoms with Crippen molar-refractivity contribution in [3.63, 3.8) is 0 Å². The van der Waals surface area contributed by atoms with Crippen molar-refractivity contribution in [2.24, 2.45) is 0 Å². The van der Waals surface area contributed by atoms with Crippen LogP contribution in [0.2, 0.25) is 0 Å². The lowest BCUT2D eigenvalue weighted by molar-refractivity contribution is -0.134. The molecule has 104 valence electrons. The van der Waals surface area contributed by atoms with E-state index in [9.17, 15) is 4.79 Å². The summed E-state index contributed by atoms with van der Waals surface area (Å²) in [4.78, 5) is 15.5. The lowest BCUT2D eigenvalue weighted by Gasteiger charge is -2.31. The molecule has 0 atom stereocenters. The van der Waals surface area contributed by atoms with E-state index in [1.165, 1.54) is 0 Å². The largest absolute Gasteiger partial charge is 0.493 e. The Labute approximate surface area is 113 Å². The molecule has 0 aliphatic carbocycles. The molecule has 5 heteroatoms. The lowest BCUT2D eigenvalue weighted by atomic mass is 10.3. The number of nitrogens with two attached hydrogens (primary N) is 1. The van der Waals surface area contributed by atoms with Gasteiger partial charge in [-0.05, 0) is 18.6 Å². The van der Waals surface area contributed by atoms with Crippen LogP contribution in [0.3, 0.4) is 0 Å². The molecular weight excluding hydrogens is 242 g/mol. The zero-order valence-corrected chi connectivity index (χ0v) is 11.3. The lowest BCUT2D eigenvalue weighted by Crippen LogP contribution is -2.48. The summed E-state index contributed by atoms with van der Waals surface area (Å²) in [5, 5.41) is 0. The molecule has 1 aromatic rings. The van der Waals surface area contributed by atoms with Gasteiger partial charge in [0, 0.05) is 38.4 Å². The van der Waals surface area contributed by atoms with Crippen molar-refractivity contribution in [1.29, 1.82) is 0 Å². The van der Waals surface area contributed by atoms with Gasteiger partial charge >= 0.3 is 0 Å². The van der Waals surface area contributed by atoms with Crippen LogP contribution in [0.5, 0.6) is 5.75 Å². The van der Waals surface area contributed by atoms with E-state index in [0.29, 0.717) is 18.8 Å². The zero-order chi connectivity index (χ0) is 13.7. The second kappa shape index (κ2) is 6.43. The number of likely N-dealkylation sites (N-methyl/N-ethyl adjacent to an activating group) is 1. The van der Waals surface area contributed by atoms with Crippen molar-refractivity contribution in [3.05, 3.63) is 24.3 Å². The van der Waals surface area contributed by atoms with Crippen molar-refractivity contribution in [1.82, 2.24) is 9.80 Å². The van der Waals surface area contributed by atoms with Crippen LogP contribution in [0.25, 0.3) is 0 Å². The molecular formula is C14H21N3O2. The predicted molar refractivity (Wildman–Crippen MR) is 75.0 cm³/mol. The Morgan fingerprint density at radius 2 is 2.21 bits per heavy atom. The monoisotopic (exact) mass is 263 g/mol. The van der Waals surface area contributed by atoms with E-state index in [0.717, 1.165) is 31.8 Å². The highest BCUT2D eigenvalue weighted by molar-refractivity contribution is 5.78. The number of nitrogens with zero attached hydrogens (tertiary/aromatic N) is 2. The normalized spacial score (nSPS) is 16.7. The molecule has 2 rings (SSSR count). The molecule has 1 fully saturated rings. The van der Waals surface area contributed by atoms with Gasteiger partial charge in [-0.3, -0.25) is 9.69 Å². The first-order chi connectivity index (χ1) is 9.15. The van der Waals surface area contributed by atoms with Crippen LogP contribution in [-0.4, -0.2) is 55.5 Å². The number of nitrogen functional groups attached to an aromatic ring is 1. The molecule has 0 unspecified atom stereocenters. The quantitative estimate of drug-likeness (QED) is 0.631. The molecule has 0 saturated carbocycles. The Morgan fingerprint density at radius 1 is 1.37 bits per heavy atom. The second-order valence-electron chi connectivity index (χ2n) is 4.87. The number of carbonyl (C=O) groups is 1. The van der Waals surface area contributed by atoms with Crippen LogP contribution in [-0.2, 0) is 4.79 Å². The summed E-state index contributed by atoms with van der Waals surface area (Å²) in [5.41, 5.74) is 6.39. The van der Waals surface area contributed by atoms with Crippen LogP contribution >= 0.6 is 0 Å². The molecule has 1 amide bonds. The molecule has 1 aliphatic rings.